The van der Waals surface area contributed by atoms with E-state index in [4.69, 9.17) is 102 Å². The van der Waals surface area contributed by atoms with Gasteiger partial charge in [0.05, 0.1) is 105 Å². The van der Waals surface area contributed by atoms with Gasteiger partial charge >= 0.3 is 0 Å². The summed E-state index contributed by atoms with van der Waals surface area (Å²) in [5.41, 5.74) is 11.1. The summed E-state index contributed by atoms with van der Waals surface area (Å²) in [6.45, 7) is 7.56. The summed E-state index contributed by atoms with van der Waals surface area (Å²) in [6.07, 6.45) is 5.08. The number of carbonyl (C=O) groups excluding carboxylic acids is 3. The Morgan fingerprint density at radius 3 is 1.41 bits per heavy atom. The first-order valence-electron chi connectivity index (χ1n) is 34.9. The van der Waals surface area contributed by atoms with E-state index >= 15 is 0 Å². The lowest BCUT2D eigenvalue weighted by molar-refractivity contribution is -0.122. The molecule has 2 aliphatic rings. The largest absolute Gasteiger partial charge is 0.491 e. The predicted octanol–water partition coefficient (Wildman–Crippen LogP) is 7.31. The standard InChI is InChI=1S/C74H88N14O17/c1-93-24-27-96-30-33-99-36-39-102-51-14-18-55-59(42-51)70-78-66(55)80-71-61-44-53(104-41-38-101-35-32-98-29-26-95-3)16-20-57(61)68(82-71)84-73-62-45-54(17-21-58(62)69(85-73)83-72-60-43-52(15-19-56(60)67(79-70)81-72)103-40-37-100-34-31-97-28-25-94-2)105-50-12-10-48(11-13-50)74(92)77-63(65(75)91)9-4-6-22-76-64(90)47-88-46-49(86-87-88)8-5-7-23-89/h10-21,42-46,63,89H,4-9,22-41,47H2,1-3H3,(H2,75,91)(H,76,90)(H,77,92)(H2,78,79,80,81,82,83,84,85). The second-order valence-electron chi connectivity index (χ2n) is 24.1. The molecule has 556 valence electrons. The van der Waals surface area contributed by atoms with Gasteiger partial charge in [0.1, 0.15) is 83.7 Å². The van der Waals surface area contributed by atoms with Gasteiger partial charge in [-0.2, -0.15) is 0 Å². The Hall–Kier alpha value is -10.2. The van der Waals surface area contributed by atoms with E-state index in [9.17, 15) is 14.4 Å². The molecule has 0 fully saturated rings. The number of aromatic amines is 2. The van der Waals surface area contributed by atoms with E-state index in [1.807, 2.05) is 66.7 Å². The van der Waals surface area contributed by atoms with Gasteiger partial charge in [0.15, 0.2) is 23.3 Å². The summed E-state index contributed by atoms with van der Waals surface area (Å²) in [6, 6.07) is 28.0. The van der Waals surface area contributed by atoms with Crippen molar-refractivity contribution in [3.05, 3.63) is 115 Å². The SMILES string of the molecule is COCCOCCOCCOc1ccc2c(c1)-c1nc-2nc2[nH]c(nc3nc(nc4[nH]c(n1)c1ccc(OCCOCCOCCOC)cc41)-c1ccc(OCCOCCOCCOC)cc1-3)c1ccc(Oc3ccc(C(=O)NC(CCCCNC(=O)Cn4cc(CCCCO)nn4)C(N)=O)cc3)cc21. The van der Waals surface area contributed by atoms with E-state index in [0.717, 1.165) is 12.1 Å². The number of rotatable bonds is 46. The van der Waals surface area contributed by atoms with Crippen LogP contribution in [0.5, 0.6) is 28.7 Å². The van der Waals surface area contributed by atoms with Crippen molar-refractivity contribution in [2.75, 3.05) is 153 Å². The smallest absolute Gasteiger partial charge is 0.251 e. The van der Waals surface area contributed by atoms with E-state index in [1.165, 1.54) is 4.68 Å². The number of nitrogens with one attached hydrogen (secondary N) is 4. The Labute approximate surface area is 605 Å². The first-order chi connectivity index (χ1) is 51.5. The normalized spacial score (nSPS) is 12.0. The maximum absolute atomic E-state index is 13.6. The number of carbonyl (C=O) groups is 3. The summed E-state index contributed by atoms with van der Waals surface area (Å²) in [7, 11) is 4.88. The van der Waals surface area contributed by atoms with Crippen LogP contribution in [-0.2, 0) is 65.2 Å². The number of aryl methyl sites for hydroxylation is 1. The first-order valence-corrected chi connectivity index (χ1v) is 34.9. The monoisotopic (exact) mass is 1440 g/mol. The summed E-state index contributed by atoms with van der Waals surface area (Å²) in [5.74, 6) is 2.43. The predicted molar refractivity (Wildman–Crippen MR) is 387 cm³/mol. The number of ether oxygens (including phenoxy) is 13. The third-order valence-corrected chi connectivity index (χ3v) is 16.6. The minimum Gasteiger partial charge on any atom is -0.491 e. The molecule has 0 aliphatic carbocycles. The molecule has 6 heterocycles. The highest BCUT2D eigenvalue weighted by atomic mass is 16.6. The van der Waals surface area contributed by atoms with E-state index < -0.39 is 17.9 Å². The Kier molecular flexibility index (Phi) is 28.7. The number of aliphatic hydroxyl groups is 1. The molecule has 31 nitrogen and oxygen atoms in total. The van der Waals surface area contributed by atoms with Crippen molar-refractivity contribution in [1.82, 2.24) is 65.5 Å². The molecule has 0 saturated carbocycles. The van der Waals surface area contributed by atoms with Crippen LogP contribution in [0, 0.1) is 0 Å². The molecular weight excluding hydrogens is 1360 g/mol. The number of amides is 3. The highest BCUT2D eigenvalue weighted by Gasteiger charge is 2.25. The zero-order chi connectivity index (χ0) is 73.0. The van der Waals surface area contributed by atoms with Crippen molar-refractivity contribution < 1.29 is 81.1 Å². The van der Waals surface area contributed by atoms with Crippen LogP contribution in [-0.4, -0.2) is 237 Å². The molecule has 7 N–H and O–H groups in total. The molecule has 2 aliphatic heterocycles. The summed E-state index contributed by atoms with van der Waals surface area (Å²) in [5, 5.41) is 25.4. The lowest BCUT2D eigenvalue weighted by Gasteiger charge is -2.16. The molecular formula is C74H88N14O17. The highest BCUT2D eigenvalue weighted by molar-refractivity contribution is 6.07. The number of fused-ring (bicyclic) bond motifs is 20. The van der Waals surface area contributed by atoms with Gasteiger partial charge < -0.3 is 93.0 Å². The maximum Gasteiger partial charge on any atom is 0.251 e. The van der Waals surface area contributed by atoms with Gasteiger partial charge in [0, 0.05) is 90.0 Å². The van der Waals surface area contributed by atoms with E-state index in [2.05, 4.69) is 30.9 Å². The number of aliphatic hydroxyl groups excluding tert-OH is 1. The molecule has 11 rings (SSSR count). The summed E-state index contributed by atoms with van der Waals surface area (Å²) in [4.78, 5) is 77.2. The first kappa shape index (κ1) is 76.0. The average Bonchev–Trinajstić information content (AvgIpc) is 1.60. The van der Waals surface area contributed by atoms with Crippen LogP contribution < -0.4 is 35.3 Å². The van der Waals surface area contributed by atoms with Gasteiger partial charge in [-0.3, -0.25) is 14.4 Å². The Bertz CT molecular complexity index is 4490. The van der Waals surface area contributed by atoms with Crippen molar-refractivity contribution >= 4 is 61.9 Å². The number of aromatic nitrogens is 11. The van der Waals surface area contributed by atoms with Gasteiger partial charge in [-0.1, -0.05) is 5.21 Å². The van der Waals surface area contributed by atoms with Gasteiger partial charge in [-0.05, 0) is 136 Å². The Balaban J connectivity index is 0.888. The van der Waals surface area contributed by atoms with Crippen molar-refractivity contribution in [3.63, 3.8) is 0 Å². The number of benzene rings is 5. The number of H-pyrrole nitrogens is 2. The quantitative estimate of drug-likeness (QED) is 0.0203. The number of unbranched alkanes of at least 4 members (excludes halogenated alkanes) is 2. The lowest BCUT2D eigenvalue weighted by atomic mass is 10.1. The summed E-state index contributed by atoms with van der Waals surface area (Å²) >= 11 is 0. The van der Waals surface area contributed by atoms with Crippen LogP contribution in [0.4, 0.5) is 0 Å². The molecule has 4 aromatic heterocycles. The van der Waals surface area contributed by atoms with Crippen molar-refractivity contribution in [1.29, 1.82) is 0 Å². The zero-order valence-electron chi connectivity index (χ0n) is 59.1. The highest BCUT2D eigenvalue weighted by Crippen LogP contribution is 2.41. The number of methoxy groups -OCH3 is 3. The maximum atomic E-state index is 13.6. The summed E-state index contributed by atoms with van der Waals surface area (Å²) < 4.78 is 76.0. The minimum atomic E-state index is -0.962. The Morgan fingerprint density at radius 1 is 0.476 bits per heavy atom. The molecule has 1 atom stereocenters. The van der Waals surface area contributed by atoms with Crippen molar-refractivity contribution in [3.8, 4) is 74.3 Å². The van der Waals surface area contributed by atoms with Crippen molar-refractivity contribution in [2.45, 2.75) is 51.1 Å². The molecule has 8 bridgehead atoms. The van der Waals surface area contributed by atoms with E-state index in [1.54, 1.807) is 57.9 Å². The van der Waals surface area contributed by atoms with Crippen LogP contribution >= 0.6 is 0 Å². The molecule has 105 heavy (non-hydrogen) atoms. The van der Waals surface area contributed by atoms with Crippen LogP contribution in [0.2, 0.25) is 0 Å². The molecule has 3 amide bonds. The molecule has 5 aromatic carbocycles. The topological polar surface area (TPSA) is 381 Å². The number of hydrogen-bond donors (Lipinski definition) is 6. The number of primary amides is 1. The molecule has 0 saturated heterocycles. The van der Waals surface area contributed by atoms with E-state index in [0.29, 0.717) is 250 Å². The fraction of sp³-hybridized carbons (Fsp3) is 0.419. The zero-order valence-corrected chi connectivity index (χ0v) is 59.1. The molecule has 9 aromatic rings. The molecule has 1 unspecified atom stereocenters. The average molecular weight is 1450 g/mol. The van der Waals surface area contributed by atoms with Gasteiger partial charge in [0.25, 0.3) is 5.91 Å². The number of nitrogens with two attached hydrogens (primary N) is 1. The second-order valence-corrected chi connectivity index (χ2v) is 24.1. The number of nitrogens with zero attached hydrogens (tertiary/aromatic N) is 9. The third kappa shape index (κ3) is 21.7. The third-order valence-electron chi connectivity index (χ3n) is 16.6. The van der Waals surface area contributed by atoms with Gasteiger partial charge in [0.2, 0.25) is 11.8 Å². The lowest BCUT2D eigenvalue weighted by Crippen LogP contribution is -2.44. The minimum absolute atomic E-state index is 0.000517. The van der Waals surface area contributed by atoms with Gasteiger partial charge in [-0.15, -0.1) is 5.10 Å². The molecule has 0 radical (unpaired) electrons. The second kappa shape index (κ2) is 39.6. The number of hydrogen-bond acceptors (Lipinski definition) is 25. The van der Waals surface area contributed by atoms with Crippen LogP contribution in [0.15, 0.2) is 103 Å². The molecule has 31 heteroatoms. The van der Waals surface area contributed by atoms with Crippen molar-refractivity contribution in [2.24, 2.45) is 5.73 Å². The van der Waals surface area contributed by atoms with Crippen LogP contribution in [0.3, 0.4) is 0 Å². The fourth-order valence-corrected chi connectivity index (χ4v) is 11.3. The molecule has 0 spiro atoms. The van der Waals surface area contributed by atoms with Crippen LogP contribution in [0.1, 0.15) is 48.2 Å². The van der Waals surface area contributed by atoms with E-state index in [-0.39, 0.29) is 50.9 Å². The fourth-order valence-electron chi connectivity index (χ4n) is 11.3. The Morgan fingerprint density at radius 2 is 0.914 bits per heavy atom. The van der Waals surface area contributed by atoms with Gasteiger partial charge in [-0.25, -0.2) is 34.6 Å². The van der Waals surface area contributed by atoms with Crippen LogP contribution in [0.25, 0.3) is 89.7 Å².